The van der Waals surface area contributed by atoms with E-state index in [0.717, 1.165) is 30.4 Å². The molecule has 1 unspecified atom stereocenters. The number of halogens is 2. The van der Waals surface area contributed by atoms with Crippen LogP contribution in [0.1, 0.15) is 39.5 Å². The maximum absolute atomic E-state index is 13.4. The lowest BCUT2D eigenvalue weighted by molar-refractivity contribution is -0.163. The summed E-state index contributed by atoms with van der Waals surface area (Å²) in [6.07, 6.45) is 6.98. The number of rotatable bonds is 9. The van der Waals surface area contributed by atoms with Crippen LogP contribution >= 0.6 is 27.5 Å². The van der Waals surface area contributed by atoms with Gasteiger partial charge in [-0.05, 0) is 67.1 Å². The maximum atomic E-state index is 13.4. The third-order valence-corrected chi connectivity index (χ3v) is 6.28. The van der Waals surface area contributed by atoms with Crippen LogP contribution < -0.4 is 11.2 Å². The van der Waals surface area contributed by atoms with Crippen LogP contribution in [0.25, 0.3) is 11.2 Å². The number of imidazole rings is 1. The summed E-state index contributed by atoms with van der Waals surface area (Å²) in [4.78, 5) is 30.7. The second kappa shape index (κ2) is 11.5. The molecule has 3 heterocycles. The fourth-order valence-electron chi connectivity index (χ4n) is 3.68. The van der Waals surface area contributed by atoms with Crippen molar-refractivity contribution < 1.29 is 9.47 Å². The van der Waals surface area contributed by atoms with Crippen LogP contribution in [0.2, 0.25) is 0 Å². The van der Waals surface area contributed by atoms with E-state index < -0.39 is 5.69 Å². The van der Waals surface area contributed by atoms with Crippen LogP contribution in [0.5, 0.6) is 0 Å². The van der Waals surface area contributed by atoms with E-state index in [9.17, 15) is 9.59 Å². The van der Waals surface area contributed by atoms with Gasteiger partial charge in [0.25, 0.3) is 5.56 Å². The molecule has 0 N–H and O–H groups in total. The number of aryl methyl sites for hydroxylation is 1. The van der Waals surface area contributed by atoms with Crippen molar-refractivity contribution in [3.8, 4) is 0 Å². The first kappa shape index (κ1) is 25.7. The molecule has 0 saturated carbocycles. The zero-order valence-corrected chi connectivity index (χ0v) is 21.6. The summed E-state index contributed by atoms with van der Waals surface area (Å²) < 4.78 is 16.2. The van der Waals surface area contributed by atoms with Crippen LogP contribution in [-0.2, 0) is 29.6 Å². The highest BCUT2D eigenvalue weighted by atomic mass is 79.9. The van der Waals surface area contributed by atoms with E-state index in [0.29, 0.717) is 47.1 Å². The van der Waals surface area contributed by atoms with Crippen LogP contribution in [-0.4, -0.2) is 38.2 Å². The van der Waals surface area contributed by atoms with Crippen molar-refractivity contribution in [3.63, 3.8) is 0 Å². The van der Waals surface area contributed by atoms with Crippen LogP contribution in [0.15, 0.2) is 49.2 Å². The van der Waals surface area contributed by atoms with Crippen molar-refractivity contribution in [2.75, 3.05) is 13.2 Å². The smallest absolute Gasteiger partial charge is 0.332 e. The molecule has 1 aliphatic rings. The van der Waals surface area contributed by atoms with E-state index in [4.69, 9.17) is 21.1 Å². The molecule has 0 aliphatic carbocycles. The Hall–Kier alpha value is -1.94. The standard InChI is InChI=1S/C23H30BrClN4O4/c1-15(2)17(10-9-16(3)25)14-29-19-20(26-22(29)24)27(4)23(31)28(21(19)30)11-7-13-33-18-8-5-6-12-32-18/h9-10,18H,1,5-8,11-14H2,2-4H3/b16-9+,17-10-. The predicted octanol–water partition coefficient (Wildman–Crippen LogP) is 4.24. The van der Waals surface area contributed by atoms with Gasteiger partial charge in [0.15, 0.2) is 22.2 Å². The first-order valence-corrected chi connectivity index (χ1v) is 12.2. The van der Waals surface area contributed by atoms with Crippen LogP contribution in [0, 0.1) is 0 Å². The highest BCUT2D eigenvalue weighted by molar-refractivity contribution is 9.10. The van der Waals surface area contributed by atoms with Crippen molar-refractivity contribution in [1.82, 2.24) is 18.7 Å². The van der Waals surface area contributed by atoms with E-state index in [1.54, 1.807) is 24.6 Å². The Morgan fingerprint density at radius 3 is 2.70 bits per heavy atom. The molecule has 180 valence electrons. The van der Waals surface area contributed by atoms with E-state index in [-0.39, 0.29) is 18.4 Å². The molecule has 0 amide bonds. The van der Waals surface area contributed by atoms with Gasteiger partial charge in [-0.25, -0.2) is 9.78 Å². The Bertz CT molecular complexity index is 1200. The molecule has 0 radical (unpaired) electrons. The summed E-state index contributed by atoms with van der Waals surface area (Å²) in [5, 5.41) is 0.633. The zero-order chi connectivity index (χ0) is 24.1. The fourth-order valence-corrected chi connectivity index (χ4v) is 4.22. The Kier molecular flexibility index (Phi) is 8.92. The molecule has 10 heteroatoms. The minimum atomic E-state index is -0.407. The Morgan fingerprint density at radius 2 is 2.06 bits per heavy atom. The van der Waals surface area contributed by atoms with Gasteiger partial charge in [-0.2, -0.15) is 0 Å². The number of allylic oxidation sites excluding steroid dienone is 5. The highest BCUT2D eigenvalue weighted by Gasteiger charge is 2.20. The van der Waals surface area contributed by atoms with Gasteiger partial charge in [0.05, 0.1) is 13.2 Å². The summed E-state index contributed by atoms with van der Waals surface area (Å²) in [5.74, 6) is 0. The van der Waals surface area contributed by atoms with Crippen molar-refractivity contribution >= 4 is 38.7 Å². The first-order valence-electron chi connectivity index (χ1n) is 11.0. The predicted molar refractivity (Wildman–Crippen MR) is 134 cm³/mol. The third-order valence-electron chi connectivity index (χ3n) is 5.54. The number of hydrogen-bond acceptors (Lipinski definition) is 5. The van der Waals surface area contributed by atoms with Gasteiger partial charge < -0.3 is 14.0 Å². The summed E-state index contributed by atoms with van der Waals surface area (Å²) in [6.45, 7) is 9.42. The SMILES string of the molecule is C=C(C)/C(=C\C=C(/C)Cl)Cn1c(Br)nc2c1c(=O)n(CCCOC1CCCCO1)c(=O)n2C. The Labute approximate surface area is 206 Å². The topological polar surface area (TPSA) is 80.3 Å². The Morgan fingerprint density at radius 1 is 1.30 bits per heavy atom. The zero-order valence-electron chi connectivity index (χ0n) is 19.3. The molecule has 33 heavy (non-hydrogen) atoms. The Balaban J connectivity index is 1.91. The summed E-state index contributed by atoms with van der Waals surface area (Å²) in [6, 6.07) is 0. The van der Waals surface area contributed by atoms with Gasteiger partial charge in [0, 0.05) is 25.2 Å². The van der Waals surface area contributed by atoms with Crippen molar-refractivity contribution in [2.24, 2.45) is 7.05 Å². The normalized spacial score (nSPS) is 17.7. The van der Waals surface area contributed by atoms with Gasteiger partial charge >= 0.3 is 5.69 Å². The van der Waals surface area contributed by atoms with Gasteiger partial charge in [-0.1, -0.05) is 29.8 Å². The molecule has 1 saturated heterocycles. The highest BCUT2D eigenvalue weighted by Crippen LogP contribution is 2.21. The second-order valence-corrected chi connectivity index (χ2v) is 9.49. The van der Waals surface area contributed by atoms with E-state index in [1.165, 1.54) is 9.13 Å². The molecule has 0 bridgehead atoms. The molecule has 1 fully saturated rings. The van der Waals surface area contributed by atoms with Gasteiger partial charge in [0.1, 0.15) is 0 Å². The lowest BCUT2D eigenvalue weighted by atomic mass is 10.1. The molecule has 0 spiro atoms. The average molecular weight is 542 g/mol. The molecule has 0 aromatic carbocycles. The lowest BCUT2D eigenvalue weighted by Gasteiger charge is -2.22. The van der Waals surface area contributed by atoms with Crippen molar-refractivity contribution in [2.45, 2.75) is 58.9 Å². The summed E-state index contributed by atoms with van der Waals surface area (Å²) >= 11 is 9.43. The number of aromatic nitrogens is 4. The van der Waals surface area contributed by atoms with E-state index in [2.05, 4.69) is 27.5 Å². The molecule has 3 rings (SSSR count). The third kappa shape index (κ3) is 6.15. The number of hydrogen-bond donors (Lipinski definition) is 0. The van der Waals surface area contributed by atoms with Gasteiger partial charge in [-0.15, -0.1) is 0 Å². The molecule has 1 atom stereocenters. The van der Waals surface area contributed by atoms with Gasteiger partial charge in [-0.3, -0.25) is 13.9 Å². The minimum Gasteiger partial charge on any atom is -0.353 e. The van der Waals surface area contributed by atoms with Crippen molar-refractivity contribution in [3.05, 3.63) is 60.5 Å². The van der Waals surface area contributed by atoms with Crippen LogP contribution in [0.3, 0.4) is 0 Å². The molecular formula is C23H30BrClN4O4. The molecule has 8 nitrogen and oxygen atoms in total. The maximum Gasteiger partial charge on any atom is 0.332 e. The lowest BCUT2D eigenvalue weighted by Crippen LogP contribution is -2.40. The largest absolute Gasteiger partial charge is 0.353 e. The monoisotopic (exact) mass is 540 g/mol. The number of nitrogens with zero attached hydrogens (tertiary/aromatic N) is 4. The number of ether oxygens (including phenoxy) is 2. The average Bonchev–Trinajstić information content (AvgIpc) is 3.11. The second-order valence-electron chi connectivity index (χ2n) is 8.18. The number of fused-ring (bicyclic) bond motifs is 1. The minimum absolute atomic E-state index is 0.198. The van der Waals surface area contributed by atoms with E-state index >= 15 is 0 Å². The van der Waals surface area contributed by atoms with E-state index in [1.807, 2.05) is 13.0 Å². The van der Waals surface area contributed by atoms with Crippen LogP contribution in [0.4, 0.5) is 0 Å². The van der Waals surface area contributed by atoms with Crippen molar-refractivity contribution in [1.29, 1.82) is 0 Å². The quantitative estimate of drug-likeness (QED) is 0.270. The summed E-state index contributed by atoms with van der Waals surface area (Å²) in [5.41, 5.74) is 1.60. The molecular weight excluding hydrogens is 512 g/mol. The first-order chi connectivity index (χ1) is 15.7. The molecule has 2 aromatic rings. The van der Waals surface area contributed by atoms with Gasteiger partial charge in [0.2, 0.25) is 0 Å². The molecule has 1 aliphatic heterocycles. The molecule has 2 aromatic heterocycles. The fraction of sp³-hybridized carbons (Fsp3) is 0.522. The summed E-state index contributed by atoms with van der Waals surface area (Å²) in [7, 11) is 1.62.